The molecule has 2 heterocycles. The molecule has 7 heteroatoms. The standard InChI is InChI=1S/C22H23N3O3S/c26-21(23-12-4-11-20-25-17-8-1-2-10-19(17)29-20)15-6-3-7-16(14-15)24-22(27)18-9-5-13-28-18/h1-3,6-8,10,14,18H,4-5,9,11-13H2,(H,23,26)(H,24,27). The van der Waals surface area contributed by atoms with E-state index >= 15 is 0 Å². The second-order valence-electron chi connectivity index (χ2n) is 7.01. The predicted octanol–water partition coefficient (Wildman–Crippen LogP) is 3.78. The van der Waals surface area contributed by atoms with E-state index in [9.17, 15) is 9.59 Å². The van der Waals surface area contributed by atoms with E-state index in [4.69, 9.17) is 4.74 Å². The molecule has 1 unspecified atom stereocenters. The Morgan fingerprint density at radius 1 is 1.17 bits per heavy atom. The lowest BCUT2D eigenvalue weighted by Gasteiger charge is -2.11. The Bertz CT molecular complexity index is 978. The van der Waals surface area contributed by atoms with Crippen LogP contribution in [0.5, 0.6) is 0 Å². The number of para-hydroxylation sites is 1. The van der Waals surface area contributed by atoms with Crippen molar-refractivity contribution in [3.63, 3.8) is 0 Å². The van der Waals surface area contributed by atoms with Crippen LogP contribution in [0.3, 0.4) is 0 Å². The van der Waals surface area contributed by atoms with E-state index in [1.807, 2.05) is 18.2 Å². The summed E-state index contributed by atoms with van der Waals surface area (Å²) in [6, 6.07) is 15.1. The van der Waals surface area contributed by atoms with Crippen LogP contribution in [0.4, 0.5) is 5.69 Å². The number of hydrogen-bond acceptors (Lipinski definition) is 5. The zero-order valence-electron chi connectivity index (χ0n) is 16.0. The van der Waals surface area contributed by atoms with Crippen molar-refractivity contribution in [2.45, 2.75) is 31.8 Å². The number of aromatic nitrogens is 1. The number of benzene rings is 2. The van der Waals surface area contributed by atoms with Crippen LogP contribution in [0.15, 0.2) is 48.5 Å². The molecule has 4 rings (SSSR count). The molecule has 2 aromatic carbocycles. The Balaban J connectivity index is 1.26. The van der Waals surface area contributed by atoms with Gasteiger partial charge < -0.3 is 15.4 Å². The van der Waals surface area contributed by atoms with E-state index in [2.05, 4.69) is 21.7 Å². The van der Waals surface area contributed by atoms with E-state index in [-0.39, 0.29) is 11.8 Å². The second kappa shape index (κ2) is 9.15. The third-order valence-corrected chi connectivity index (χ3v) is 5.90. The van der Waals surface area contributed by atoms with Gasteiger partial charge in [-0.1, -0.05) is 18.2 Å². The van der Waals surface area contributed by atoms with E-state index in [0.29, 0.717) is 24.4 Å². The molecular formula is C22H23N3O3S. The van der Waals surface area contributed by atoms with Crippen molar-refractivity contribution in [1.82, 2.24) is 10.3 Å². The summed E-state index contributed by atoms with van der Waals surface area (Å²) in [5.41, 5.74) is 2.15. The predicted molar refractivity (Wildman–Crippen MR) is 114 cm³/mol. The van der Waals surface area contributed by atoms with Gasteiger partial charge in [-0.3, -0.25) is 9.59 Å². The first kappa shape index (κ1) is 19.5. The molecule has 6 nitrogen and oxygen atoms in total. The summed E-state index contributed by atoms with van der Waals surface area (Å²) < 4.78 is 6.58. The number of nitrogens with zero attached hydrogens (tertiary/aromatic N) is 1. The highest BCUT2D eigenvalue weighted by molar-refractivity contribution is 7.18. The molecule has 0 aliphatic carbocycles. The summed E-state index contributed by atoms with van der Waals surface area (Å²) in [4.78, 5) is 29.2. The molecule has 1 fully saturated rings. The molecular weight excluding hydrogens is 386 g/mol. The van der Waals surface area contributed by atoms with Crippen LogP contribution >= 0.6 is 11.3 Å². The average Bonchev–Trinajstić information content (AvgIpc) is 3.41. The average molecular weight is 410 g/mol. The van der Waals surface area contributed by atoms with Crippen molar-refractivity contribution >= 4 is 39.1 Å². The molecule has 0 saturated carbocycles. The Labute approximate surface area is 173 Å². The third-order valence-electron chi connectivity index (χ3n) is 4.81. The molecule has 150 valence electrons. The van der Waals surface area contributed by atoms with E-state index in [1.54, 1.807) is 35.6 Å². The van der Waals surface area contributed by atoms with Gasteiger partial charge in [0.15, 0.2) is 0 Å². The lowest BCUT2D eigenvalue weighted by Crippen LogP contribution is -2.27. The number of aryl methyl sites for hydroxylation is 1. The number of carbonyl (C=O) groups is 2. The van der Waals surface area contributed by atoms with Gasteiger partial charge in [-0.15, -0.1) is 11.3 Å². The summed E-state index contributed by atoms with van der Waals surface area (Å²) >= 11 is 1.70. The maximum Gasteiger partial charge on any atom is 0.253 e. The van der Waals surface area contributed by atoms with Gasteiger partial charge in [-0.05, 0) is 49.6 Å². The van der Waals surface area contributed by atoms with Gasteiger partial charge >= 0.3 is 0 Å². The van der Waals surface area contributed by atoms with Crippen molar-refractivity contribution in [2.75, 3.05) is 18.5 Å². The highest BCUT2D eigenvalue weighted by atomic mass is 32.1. The Kier molecular flexibility index (Phi) is 6.17. The molecule has 1 atom stereocenters. The number of carbonyl (C=O) groups excluding carboxylic acids is 2. The number of rotatable bonds is 7. The fourth-order valence-electron chi connectivity index (χ4n) is 3.32. The second-order valence-corrected chi connectivity index (χ2v) is 8.12. The molecule has 2 N–H and O–H groups in total. The number of amides is 2. The number of thiazole rings is 1. The molecule has 1 aliphatic rings. The first-order valence-corrected chi connectivity index (χ1v) is 10.7. The molecule has 0 radical (unpaired) electrons. The summed E-state index contributed by atoms with van der Waals surface area (Å²) in [7, 11) is 0. The maximum absolute atomic E-state index is 12.4. The third kappa shape index (κ3) is 4.99. The maximum atomic E-state index is 12.4. The van der Waals surface area contributed by atoms with Gasteiger partial charge in [0.1, 0.15) is 6.10 Å². The van der Waals surface area contributed by atoms with Gasteiger partial charge in [-0.2, -0.15) is 0 Å². The van der Waals surface area contributed by atoms with E-state index in [1.165, 1.54) is 4.70 Å². The van der Waals surface area contributed by atoms with Crippen LogP contribution in [-0.4, -0.2) is 36.1 Å². The minimum Gasteiger partial charge on any atom is -0.368 e. The zero-order chi connectivity index (χ0) is 20.1. The Morgan fingerprint density at radius 3 is 2.90 bits per heavy atom. The smallest absolute Gasteiger partial charge is 0.253 e. The van der Waals surface area contributed by atoms with E-state index < -0.39 is 6.10 Å². The SMILES string of the molecule is O=C(NCCCc1nc2ccccc2s1)c1cccc(NC(=O)C2CCCO2)c1. The minimum atomic E-state index is -0.394. The van der Waals surface area contributed by atoms with Crippen molar-refractivity contribution in [1.29, 1.82) is 0 Å². The molecule has 1 aliphatic heterocycles. The van der Waals surface area contributed by atoms with Crippen LogP contribution < -0.4 is 10.6 Å². The first-order valence-electron chi connectivity index (χ1n) is 9.84. The monoisotopic (exact) mass is 409 g/mol. The fraction of sp³-hybridized carbons (Fsp3) is 0.318. The molecule has 0 spiro atoms. The summed E-state index contributed by atoms with van der Waals surface area (Å²) in [6.45, 7) is 1.19. The number of ether oxygens (including phenoxy) is 1. The molecule has 0 bridgehead atoms. The van der Waals surface area contributed by atoms with Crippen LogP contribution in [0.25, 0.3) is 10.2 Å². The van der Waals surface area contributed by atoms with Gasteiger partial charge in [-0.25, -0.2) is 4.98 Å². The van der Waals surface area contributed by atoms with Crippen molar-refractivity contribution in [3.05, 3.63) is 59.1 Å². The first-order chi connectivity index (χ1) is 14.2. The summed E-state index contributed by atoms with van der Waals surface area (Å²) in [5.74, 6) is -0.307. The van der Waals surface area contributed by atoms with Crippen molar-refractivity contribution < 1.29 is 14.3 Å². The number of hydrogen-bond donors (Lipinski definition) is 2. The molecule has 2 amide bonds. The summed E-state index contributed by atoms with van der Waals surface area (Å²) in [6.07, 6.45) is 2.89. The van der Waals surface area contributed by atoms with Crippen LogP contribution in [0, 0.1) is 0 Å². The zero-order valence-corrected chi connectivity index (χ0v) is 16.8. The molecule has 3 aromatic rings. The minimum absolute atomic E-state index is 0.150. The fourth-order valence-corrected chi connectivity index (χ4v) is 4.32. The molecule has 1 saturated heterocycles. The van der Waals surface area contributed by atoms with Gasteiger partial charge in [0, 0.05) is 30.8 Å². The molecule has 1 aromatic heterocycles. The quantitative estimate of drug-likeness (QED) is 0.582. The summed E-state index contributed by atoms with van der Waals surface area (Å²) in [5, 5.41) is 6.85. The van der Waals surface area contributed by atoms with E-state index in [0.717, 1.165) is 36.2 Å². The topological polar surface area (TPSA) is 80.3 Å². The van der Waals surface area contributed by atoms with Gasteiger partial charge in [0.25, 0.3) is 11.8 Å². The Morgan fingerprint density at radius 2 is 2.07 bits per heavy atom. The Hall–Kier alpha value is -2.77. The van der Waals surface area contributed by atoms with Crippen LogP contribution in [0.2, 0.25) is 0 Å². The lowest BCUT2D eigenvalue weighted by molar-refractivity contribution is -0.124. The van der Waals surface area contributed by atoms with Gasteiger partial charge in [0.2, 0.25) is 0 Å². The van der Waals surface area contributed by atoms with Crippen LogP contribution in [0.1, 0.15) is 34.6 Å². The number of fused-ring (bicyclic) bond motifs is 1. The number of nitrogens with one attached hydrogen (secondary N) is 2. The molecule has 29 heavy (non-hydrogen) atoms. The van der Waals surface area contributed by atoms with Crippen LogP contribution in [-0.2, 0) is 16.0 Å². The van der Waals surface area contributed by atoms with Crippen molar-refractivity contribution in [2.24, 2.45) is 0 Å². The highest BCUT2D eigenvalue weighted by Gasteiger charge is 2.23. The van der Waals surface area contributed by atoms with Crippen molar-refractivity contribution in [3.8, 4) is 0 Å². The largest absolute Gasteiger partial charge is 0.368 e. The lowest BCUT2D eigenvalue weighted by atomic mass is 10.1. The normalized spacial score (nSPS) is 16.1. The number of anilines is 1. The van der Waals surface area contributed by atoms with Gasteiger partial charge in [0.05, 0.1) is 15.2 Å². The highest BCUT2D eigenvalue weighted by Crippen LogP contribution is 2.22.